The van der Waals surface area contributed by atoms with Gasteiger partial charge in [0.25, 0.3) is 5.91 Å². The number of hydrogen-bond acceptors (Lipinski definition) is 4. The van der Waals surface area contributed by atoms with Crippen LogP contribution in [-0.2, 0) is 4.79 Å². The van der Waals surface area contributed by atoms with Crippen LogP contribution < -0.4 is 15.1 Å². The summed E-state index contributed by atoms with van der Waals surface area (Å²) < 4.78 is 0. The minimum Gasteiger partial charge on any atom is -0.368 e. The Hall–Kier alpha value is -3.02. The first-order chi connectivity index (χ1) is 15.0. The number of fused-ring (bicyclic) bond motifs is 3. The van der Waals surface area contributed by atoms with Crippen LogP contribution in [0.2, 0.25) is 0 Å². The molecule has 0 saturated carbocycles. The van der Waals surface area contributed by atoms with Crippen molar-refractivity contribution in [1.29, 1.82) is 0 Å². The molecule has 6 nitrogen and oxygen atoms in total. The first-order valence-corrected chi connectivity index (χ1v) is 11.3. The SMILES string of the molecule is Cc1ccc(C)c(N2CCN(C(=O)c3ccc4c(c3)NC(=O)[C@H]3CCCCN43)CC2)c1. The lowest BCUT2D eigenvalue weighted by Crippen LogP contribution is -2.51. The topological polar surface area (TPSA) is 55.9 Å². The predicted molar refractivity (Wildman–Crippen MR) is 124 cm³/mol. The lowest BCUT2D eigenvalue weighted by Gasteiger charge is -2.41. The van der Waals surface area contributed by atoms with Gasteiger partial charge in [-0.2, -0.15) is 0 Å². The van der Waals surface area contributed by atoms with Crippen molar-refractivity contribution in [3.8, 4) is 0 Å². The van der Waals surface area contributed by atoms with Crippen molar-refractivity contribution in [1.82, 2.24) is 4.90 Å². The maximum atomic E-state index is 13.2. The molecular formula is C25H30N4O2. The highest BCUT2D eigenvalue weighted by molar-refractivity contribution is 6.05. The molecule has 2 fully saturated rings. The van der Waals surface area contributed by atoms with Crippen molar-refractivity contribution in [2.24, 2.45) is 0 Å². The zero-order chi connectivity index (χ0) is 21.5. The highest BCUT2D eigenvalue weighted by atomic mass is 16.2. The zero-order valence-electron chi connectivity index (χ0n) is 18.4. The highest BCUT2D eigenvalue weighted by Crippen LogP contribution is 2.36. The summed E-state index contributed by atoms with van der Waals surface area (Å²) in [5.74, 6) is 0.0948. The van der Waals surface area contributed by atoms with Gasteiger partial charge in [0.15, 0.2) is 0 Å². The molecule has 2 aromatic rings. The van der Waals surface area contributed by atoms with E-state index in [1.807, 2.05) is 23.1 Å². The molecule has 2 saturated heterocycles. The first kappa shape index (κ1) is 19.9. The number of benzene rings is 2. The Balaban J connectivity index is 1.30. The molecule has 1 N–H and O–H groups in total. The maximum absolute atomic E-state index is 13.2. The van der Waals surface area contributed by atoms with E-state index in [-0.39, 0.29) is 17.9 Å². The van der Waals surface area contributed by atoms with E-state index in [1.54, 1.807) is 0 Å². The van der Waals surface area contributed by atoms with Crippen molar-refractivity contribution >= 4 is 28.9 Å². The van der Waals surface area contributed by atoms with Crippen LogP contribution in [0.1, 0.15) is 40.7 Å². The summed E-state index contributed by atoms with van der Waals surface area (Å²) in [6.07, 6.45) is 3.10. The van der Waals surface area contributed by atoms with Crippen molar-refractivity contribution in [2.45, 2.75) is 39.2 Å². The lowest BCUT2D eigenvalue weighted by molar-refractivity contribution is -0.118. The fourth-order valence-electron chi connectivity index (χ4n) is 5.12. The quantitative estimate of drug-likeness (QED) is 0.810. The Morgan fingerprint density at radius 3 is 2.55 bits per heavy atom. The van der Waals surface area contributed by atoms with Crippen LogP contribution in [0, 0.1) is 13.8 Å². The van der Waals surface area contributed by atoms with E-state index in [9.17, 15) is 9.59 Å². The molecule has 0 aromatic heterocycles. The Morgan fingerprint density at radius 2 is 1.74 bits per heavy atom. The minimum absolute atomic E-state index is 0.0402. The van der Waals surface area contributed by atoms with Crippen LogP contribution in [0.25, 0.3) is 0 Å². The molecule has 31 heavy (non-hydrogen) atoms. The molecule has 0 bridgehead atoms. The van der Waals surface area contributed by atoms with Crippen molar-refractivity contribution in [3.05, 3.63) is 53.1 Å². The third kappa shape index (κ3) is 3.64. The molecule has 2 amide bonds. The summed E-state index contributed by atoms with van der Waals surface area (Å²) in [5, 5.41) is 3.04. The van der Waals surface area contributed by atoms with Crippen LogP contribution >= 0.6 is 0 Å². The van der Waals surface area contributed by atoms with Crippen molar-refractivity contribution in [3.63, 3.8) is 0 Å². The van der Waals surface area contributed by atoms with Gasteiger partial charge in [0.2, 0.25) is 5.91 Å². The number of anilines is 3. The van der Waals surface area contributed by atoms with Crippen LogP contribution in [0.5, 0.6) is 0 Å². The number of carbonyl (C=O) groups excluding carboxylic acids is 2. The smallest absolute Gasteiger partial charge is 0.254 e. The second-order valence-corrected chi connectivity index (χ2v) is 9.00. The van der Waals surface area contributed by atoms with E-state index in [1.165, 1.54) is 16.8 Å². The molecule has 162 valence electrons. The van der Waals surface area contributed by atoms with Gasteiger partial charge in [0, 0.05) is 44.0 Å². The molecule has 2 aromatic carbocycles. The van der Waals surface area contributed by atoms with Gasteiger partial charge in [-0.15, -0.1) is 0 Å². The van der Waals surface area contributed by atoms with Gasteiger partial charge in [0.1, 0.15) is 6.04 Å². The Morgan fingerprint density at radius 1 is 0.935 bits per heavy atom. The molecule has 0 spiro atoms. The molecule has 1 atom stereocenters. The number of piperazine rings is 1. The molecule has 5 rings (SSSR count). The van der Waals surface area contributed by atoms with Gasteiger partial charge < -0.3 is 20.0 Å². The molecule has 3 aliphatic rings. The molecule has 3 aliphatic heterocycles. The van der Waals surface area contributed by atoms with E-state index in [4.69, 9.17) is 0 Å². The summed E-state index contributed by atoms with van der Waals surface area (Å²) >= 11 is 0. The number of hydrogen-bond donors (Lipinski definition) is 1. The summed E-state index contributed by atoms with van der Waals surface area (Å²) in [4.78, 5) is 32.2. The van der Waals surface area contributed by atoms with E-state index >= 15 is 0 Å². The normalized spacial score (nSPS) is 20.8. The second kappa shape index (κ2) is 7.91. The highest BCUT2D eigenvalue weighted by Gasteiger charge is 2.35. The summed E-state index contributed by atoms with van der Waals surface area (Å²) in [6.45, 7) is 8.21. The molecule has 0 aliphatic carbocycles. The number of aryl methyl sites for hydroxylation is 2. The average Bonchev–Trinajstić information content (AvgIpc) is 2.80. The van der Waals surface area contributed by atoms with Gasteiger partial charge in [-0.1, -0.05) is 12.1 Å². The standard InChI is InChI=1S/C25H30N4O2/c1-17-6-7-18(2)23(15-17)27-11-13-28(14-12-27)25(31)19-8-9-21-20(16-19)26-24(30)22-5-3-4-10-29(21)22/h6-9,15-16,22H,3-5,10-14H2,1-2H3,(H,26,30)/t22-/m1/s1. The predicted octanol–water partition coefficient (Wildman–Crippen LogP) is 3.58. The monoisotopic (exact) mass is 418 g/mol. The fourth-order valence-corrected chi connectivity index (χ4v) is 5.12. The number of piperidine rings is 1. The number of amides is 2. The molecular weight excluding hydrogens is 388 g/mol. The fraction of sp³-hybridized carbons (Fsp3) is 0.440. The number of rotatable bonds is 2. The van der Waals surface area contributed by atoms with Gasteiger partial charge >= 0.3 is 0 Å². The van der Waals surface area contributed by atoms with Crippen LogP contribution in [-0.4, -0.2) is 55.5 Å². The van der Waals surface area contributed by atoms with E-state index in [0.29, 0.717) is 18.7 Å². The molecule has 0 unspecified atom stereocenters. The van der Waals surface area contributed by atoms with Crippen LogP contribution in [0.15, 0.2) is 36.4 Å². The Kier molecular flexibility index (Phi) is 5.08. The van der Waals surface area contributed by atoms with Crippen LogP contribution in [0.3, 0.4) is 0 Å². The van der Waals surface area contributed by atoms with Gasteiger partial charge in [-0.3, -0.25) is 9.59 Å². The Bertz CT molecular complexity index is 1030. The minimum atomic E-state index is -0.0686. The van der Waals surface area contributed by atoms with Crippen LogP contribution in [0.4, 0.5) is 17.1 Å². The summed E-state index contributed by atoms with van der Waals surface area (Å²) in [5.41, 5.74) is 6.25. The van der Waals surface area contributed by atoms with E-state index in [2.05, 4.69) is 47.2 Å². The zero-order valence-corrected chi connectivity index (χ0v) is 18.4. The molecule has 0 radical (unpaired) electrons. The lowest BCUT2D eigenvalue weighted by atomic mass is 9.96. The number of nitrogens with zero attached hydrogens (tertiary/aromatic N) is 3. The maximum Gasteiger partial charge on any atom is 0.254 e. The van der Waals surface area contributed by atoms with Crippen molar-refractivity contribution < 1.29 is 9.59 Å². The van der Waals surface area contributed by atoms with Crippen molar-refractivity contribution in [2.75, 3.05) is 47.8 Å². The van der Waals surface area contributed by atoms with Gasteiger partial charge in [-0.05, 0) is 68.5 Å². The summed E-state index contributed by atoms with van der Waals surface area (Å²) in [7, 11) is 0. The summed E-state index contributed by atoms with van der Waals surface area (Å²) in [6, 6.07) is 12.2. The largest absolute Gasteiger partial charge is 0.368 e. The average molecular weight is 419 g/mol. The first-order valence-electron chi connectivity index (χ1n) is 11.3. The molecule has 3 heterocycles. The second-order valence-electron chi connectivity index (χ2n) is 9.00. The van der Waals surface area contributed by atoms with Gasteiger partial charge in [0.05, 0.1) is 11.4 Å². The third-order valence-electron chi connectivity index (χ3n) is 6.89. The van der Waals surface area contributed by atoms with E-state index in [0.717, 1.165) is 50.3 Å². The number of carbonyl (C=O) groups is 2. The molecule has 6 heteroatoms. The number of nitrogens with one attached hydrogen (secondary N) is 1. The van der Waals surface area contributed by atoms with E-state index < -0.39 is 0 Å². The van der Waals surface area contributed by atoms with Gasteiger partial charge in [-0.25, -0.2) is 0 Å². The third-order valence-corrected chi connectivity index (χ3v) is 6.89. The Labute approximate surface area is 183 Å².